The van der Waals surface area contributed by atoms with Gasteiger partial charge in [0, 0.05) is 30.9 Å². The number of aryl methyl sites for hydroxylation is 1. The molecule has 0 saturated heterocycles. The van der Waals surface area contributed by atoms with Gasteiger partial charge in [-0.05, 0) is 45.4 Å². The normalized spacial score (nSPS) is 11.7. The molecule has 3 rings (SSSR count). The second kappa shape index (κ2) is 7.89. The molecule has 6 N–H and O–H groups in total. The zero-order valence-electron chi connectivity index (χ0n) is 16.4. The molecule has 150 valence electrons. The second-order valence-electron chi connectivity index (χ2n) is 7.33. The van der Waals surface area contributed by atoms with Crippen molar-refractivity contribution < 1.29 is 10.2 Å². The first-order chi connectivity index (χ1) is 13.3. The Morgan fingerprint density at radius 1 is 1.21 bits per heavy atom. The predicted octanol–water partition coefficient (Wildman–Crippen LogP) is 2.32. The summed E-state index contributed by atoms with van der Waals surface area (Å²) in [4.78, 5) is 13.5. The monoisotopic (exact) mass is 385 g/mol. The van der Waals surface area contributed by atoms with Crippen LogP contribution in [0.2, 0.25) is 0 Å². The van der Waals surface area contributed by atoms with Gasteiger partial charge in [0.05, 0.1) is 11.9 Å². The number of aromatic hydroxyl groups is 1. The van der Waals surface area contributed by atoms with Crippen LogP contribution >= 0.6 is 0 Å². The van der Waals surface area contributed by atoms with Crippen LogP contribution in [0, 0.1) is 0 Å². The van der Waals surface area contributed by atoms with Gasteiger partial charge in [0.15, 0.2) is 17.0 Å². The Hall–Kier alpha value is -3.07. The number of hydrogen-bond donors (Lipinski definition) is 5. The molecule has 0 aliphatic rings. The molecule has 0 amide bonds. The van der Waals surface area contributed by atoms with E-state index in [9.17, 15) is 10.2 Å². The fourth-order valence-electron chi connectivity index (χ4n) is 2.78. The van der Waals surface area contributed by atoms with Gasteiger partial charge in [0.2, 0.25) is 5.95 Å². The van der Waals surface area contributed by atoms with Crippen molar-refractivity contribution in [3.05, 3.63) is 30.1 Å². The third-order valence-electron chi connectivity index (χ3n) is 4.37. The van der Waals surface area contributed by atoms with Gasteiger partial charge in [-0.3, -0.25) is 0 Å². The topological polar surface area (TPSA) is 134 Å². The van der Waals surface area contributed by atoms with E-state index in [-0.39, 0.29) is 5.75 Å². The lowest BCUT2D eigenvalue weighted by Crippen LogP contribution is -2.23. The van der Waals surface area contributed by atoms with Gasteiger partial charge in [0.1, 0.15) is 5.75 Å². The Kier molecular flexibility index (Phi) is 5.55. The Balaban J connectivity index is 1.86. The quantitative estimate of drug-likeness (QED) is 0.295. The zero-order chi connectivity index (χ0) is 20.3. The second-order valence-corrected chi connectivity index (χ2v) is 7.33. The summed E-state index contributed by atoms with van der Waals surface area (Å²) in [6.45, 7) is 7.14. The first-order valence-corrected chi connectivity index (χ1v) is 9.27. The molecule has 0 atom stereocenters. The molecule has 28 heavy (non-hydrogen) atoms. The number of phenolic OH excluding ortho intramolecular Hbond substituents is 1. The van der Waals surface area contributed by atoms with Gasteiger partial charge in [0.25, 0.3) is 0 Å². The van der Waals surface area contributed by atoms with Crippen LogP contribution in [0.4, 0.5) is 17.5 Å². The number of hydrogen-bond acceptors (Lipinski definition) is 8. The van der Waals surface area contributed by atoms with E-state index in [4.69, 9.17) is 5.73 Å². The molecule has 2 heterocycles. The van der Waals surface area contributed by atoms with E-state index in [1.54, 1.807) is 38.4 Å². The maximum atomic E-state index is 10.0. The molecule has 0 bridgehead atoms. The van der Waals surface area contributed by atoms with Crippen molar-refractivity contribution in [3.8, 4) is 5.75 Å². The Morgan fingerprint density at radius 3 is 2.71 bits per heavy atom. The number of imidazole rings is 1. The summed E-state index contributed by atoms with van der Waals surface area (Å²) < 4.78 is 1.93. The van der Waals surface area contributed by atoms with Crippen molar-refractivity contribution in [1.82, 2.24) is 19.5 Å². The van der Waals surface area contributed by atoms with Gasteiger partial charge in [-0.25, -0.2) is 4.98 Å². The molecule has 0 unspecified atom stereocenters. The summed E-state index contributed by atoms with van der Waals surface area (Å²) in [5.74, 6) is 1.17. The minimum absolute atomic E-state index is 0.162. The highest BCUT2D eigenvalue weighted by atomic mass is 16.3. The number of nitrogen functional groups attached to an aromatic ring is 1. The Bertz CT molecular complexity index is 963. The highest BCUT2D eigenvalue weighted by Crippen LogP contribution is 2.24. The van der Waals surface area contributed by atoms with Crippen LogP contribution < -0.4 is 16.4 Å². The lowest BCUT2D eigenvalue weighted by Gasteiger charge is -2.17. The zero-order valence-corrected chi connectivity index (χ0v) is 16.4. The summed E-state index contributed by atoms with van der Waals surface area (Å²) >= 11 is 0. The van der Waals surface area contributed by atoms with Crippen molar-refractivity contribution in [1.29, 1.82) is 0 Å². The Labute approximate surface area is 163 Å². The number of nitrogens with one attached hydrogen (secondary N) is 2. The van der Waals surface area contributed by atoms with Gasteiger partial charge >= 0.3 is 0 Å². The first-order valence-electron chi connectivity index (χ1n) is 9.27. The van der Waals surface area contributed by atoms with Crippen molar-refractivity contribution in [3.63, 3.8) is 0 Å². The standard InChI is InChI=1S/C19H27N7O2/c1-4-26-11-23-15-16(22-10-12-9-13(20)5-6-14(12)27)24-18(25-17(15)26)21-8-7-19(2,3)28/h5-6,9,11,27-28H,4,7-8,10,20H2,1-3H3,(H2,21,22,24,25). The summed E-state index contributed by atoms with van der Waals surface area (Å²) in [5, 5.41) is 26.3. The molecule has 0 radical (unpaired) electrons. The number of anilines is 3. The smallest absolute Gasteiger partial charge is 0.226 e. The minimum Gasteiger partial charge on any atom is -0.508 e. The van der Waals surface area contributed by atoms with E-state index in [0.29, 0.717) is 53.7 Å². The number of nitrogens with zero attached hydrogens (tertiary/aromatic N) is 4. The molecular weight excluding hydrogens is 358 g/mol. The molecule has 3 aromatic rings. The number of aliphatic hydroxyl groups is 1. The molecule has 9 heteroatoms. The largest absolute Gasteiger partial charge is 0.508 e. The highest BCUT2D eigenvalue weighted by molar-refractivity contribution is 5.84. The van der Waals surface area contributed by atoms with Gasteiger partial charge in [-0.2, -0.15) is 9.97 Å². The van der Waals surface area contributed by atoms with Crippen LogP contribution in [-0.2, 0) is 13.1 Å². The van der Waals surface area contributed by atoms with E-state index in [1.807, 2.05) is 11.5 Å². The van der Waals surface area contributed by atoms with Crippen LogP contribution in [0.5, 0.6) is 5.75 Å². The average Bonchev–Trinajstić information content (AvgIpc) is 3.04. The molecule has 0 spiro atoms. The van der Waals surface area contributed by atoms with Crippen molar-refractivity contribution >= 4 is 28.6 Å². The maximum Gasteiger partial charge on any atom is 0.226 e. The number of fused-ring (bicyclic) bond motifs is 1. The summed E-state index contributed by atoms with van der Waals surface area (Å²) in [5.41, 5.74) is 7.64. The number of phenols is 1. The van der Waals surface area contributed by atoms with E-state index in [0.717, 1.165) is 6.54 Å². The predicted molar refractivity (Wildman–Crippen MR) is 110 cm³/mol. The number of rotatable bonds is 8. The average molecular weight is 385 g/mol. The fraction of sp³-hybridized carbons (Fsp3) is 0.421. The molecule has 0 aliphatic heterocycles. The van der Waals surface area contributed by atoms with Crippen LogP contribution in [0.1, 0.15) is 32.8 Å². The first kappa shape index (κ1) is 19.7. The van der Waals surface area contributed by atoms with Gasteiger partial charge in [-0.15, -0.1) is 0 Å². The summed E-state index contributed by atoms with van der Waals surface area (Å²) in [6, 6.07) is 4.93. The van der Waals surface area contributed by atoms with Crippen LogP contribution in [0.25, 0.3) is 11.2 Å². The fourth-order valence-corrected chi connectivity index (χ4v) is 2.78. The lowest BCUT2D eigenvalue weighted by molar-refractivity contribution is 0.0748. The van der Waals surface area contributed by atoms with Crippen molar-refractivity contribution in [2.45, 2.75) is 45.9 Å². The van der Waals surface area contributed by atoms with Crippen molar-refractivity contribution in [2.24, 2.45) is 0 Å². The third-order valence-corrected chi connectivity index (χ3v) is 4.37. The van der Waals surface area contributed by atoms with Crippen LogP contribution in [0.15, 0.2) is 24.5 Å². The van der Waals surface area contributed by atoms with E-state index in [2.05, 4.69) is 25.6 Å². The molecule has 0 saturated carbocycles. The molecule has 2 aromatic heterocycles. The molecule has 9 nitrogen and oxygen atoms in total. The third kappa shape index (κ3) is 4.61. The molecule has 1 aromatic carbocycles. The van der Waals surface area contributed by atoms with E-state index < -0.39 is 5.60 Å². The summed E-state index contributed by atoms with van der Waals surface area (Å²) in [6.07, 6.45) is 2.28. The molecular formula is C19H27N7O2. The van der Waals surface area contributed by atoms with Crippen LogP contribution in [0.3, 0.4) is 0 Å². The summed E-state index contributed by atoms with van der Waals surface area (Å²) in [7, 11) is 0. The highest BCUT2D eigenvalue weighted by Gasteiger charge is 2.15. The van der Waals surface area contributed by atoms with E-state index in [1.165, 1.54) is 0 Å². The maximum absolute atomic E-state index is 10.0. The number of nitrogens with two attached hydrogens (primary N) is 1. The van der Waals surface area contributed by atoms with Gasteiger partial charge < -0.3 is 31.1 Å². The number of aromatic nitrogens is 4. The lowest BCUT2D eigenvalue weighted by atomic mass is 10.1. The number of benzene rings is 1. The Morgan fingerprint density at radius 2 is 2.00 bits per heavy atom. The minimum atomic E-state index is -0.770. The van der Waals surface area contributed by atoms with E-state index >= 15 is 0 Å². The molecule has 0 fully saturated rings. The SMILES string of the molecule is CCn1cnc2c(NCc3cc(N)ccc3O)nc(NCCC(C)(C)O)nc21. The van der Waals surface area contributed by atoms with Crippen LogP contribution in [-0.4, -0.2) is 41.9 Å². The van der Waals surface area contributed by atoms with Gasteiger partial charge in [-0.1, -0.05) is 0 Å². The molecule has 0 aliphatic carbocycles. The van der Waals surface area contributed by atoms with Crippen molar-refractivity contribution in [2.75, 3.05) is 22.9 Å².